The summed E-state index contributed by atoms with van der Waals surface area (Å²) < 4.78 is 34.0. The summed E-state index contributed by atoms with van der Waals surface area (Å²) in [5.41, 5.74) is 14.1. The highest BCUT2D eigenvalue weighted by atomic mass is 35.5. The lowest BCUT2D eigenvalue weighted by molar-refractivity contribution is 0.0702. The van der Waals surface area contributed by atoms with Crippen LogP contribution >= 0.6 is 45.9 Å². The van der Waals surface area contributed by atoms with Crippen LogP contribution in [0.1, 0.15) is 30.4 Å². The van der Waals surface area contributed by atoms with Gasteiger partial charge in [-0.05, 0) is 60.7 Å². The first-order chi connectivity index (χ1) is 24.4. The molecule has 0 fully saturated rings. The van der Waals surface area contributed by atoms with Gasteiger partial charge >= 0.3 is 5.97 Å². The van der Waals surface area contributed by atoms with Crippen molar-refractivity contribution in [1.82, 2.24) is 19.1 Å². The number of amides is 2. The van der Waals surface area contributed by atoms with Crippen LogP contribution in [0.4, 0.5) is 8.78 Å². The van der Waals surface area contributed by atoms with Gasteiger partial charge in [0.1, 0.15) is 28.2 Å². The van der Waals surface area contributed by atoms with Gasteiger partial charge in [-0.1, -0.05) is 23.2 Å². The third-order valence-corrected chi connectivity index (χ3v) is 11.4. The number of nitrogens with zero attached hydrogens (tertiary/aromatic N) is 4. The molecule has 0 unspecified atom stereocenters. The molecule has 4 heterocycles. The van der Waals surface area contributed by atoms with E-state index in [2.05, 4.69) is 0 Å². The maximum absolute atomic E-state index is 15.1. The van der Waals surface area contributed by atoms with Crippen LogP contribution in [0.3, 0.4) is 0 Å². The second-order valence-corrected chi connectivity index (χ2v) is 14.3. The van der Waals surface area contributed by atoms with Crippen LogP contribution in [0.15, 0.2) is 66.0 Å². The molecule has 51 heavy (non-hydrogen) atoms. The predicted octanol–water partition coefficient (Wildman–Crippen LogP) is 8.33. The molecule has 0 atom stereocenters. The monoisotopic (exact) mass is 760 g/mol. The van der Waals surface area contributed by atoms with E-state index >= 15 is 4.39 Å². The average molecular weight is 762 g/mol. The number of hydrogen-bond donors (Lipinski definition) is 3. The minimum atomic E-state index is -1.31. The fourth-order valence-electron chi connectivity index (χ4n) is 6.35. The molecule has 0 spiro atoms. The number of aromatic carboxylic acids is 1. The van der Waals surface area contributed by atoms with Crippen LogP contribution in [0.5, 0.6) is 0 Å². The number of carbonyl (C=O) groups excluding carboxylic acids is 2. The molecular weight excluding hydrogens is 741 g/mol. The van der Waals surface area contributed by atoms with E-state index < -0.39 is 29.4 Å². The number of fused-ring (bicyclic) bond motifs is 4. The number of aryl methyl sites for hydroxylation is 2. The van der Waals surface area contributed by atoms with Crippen molar-refractivity contribution >= 4 is 106 Å². The number of halogens is 4. The predicted molar refractivity (Wildman–Crippen MR) is 195 cm³/mol. The molecule has 16 heteroatoms. The summed E-state index contributed by atoms with van der Waals surface area (Å²) in [6, 6.07) is 14.8. The molecule has 0 bridgehead atoms. The zero-order valence-corrected chi connectivity index (χ0v) is 28.9. The molecule has 2 amide bonds. The van der Waals surface area contributed by atoms with Crippen LogP contribution in [0.2, 0.25) is 10.0 Å². The Kier molecular flexibility index (Phi) is 7.79. The van der Waals surface area contributed by atoms with Gasteiger partial charge in [0.25, 0.3) is 0 Å². The molecule has 0 aliphatic rings. The minimum Gasteiger partial charge on any atom is -0.477 e. The Morgan fingerprint density at radius 3 is 1.84 bits per heavy atom. The lowest BCUT2D eigenvalue weighted by atomic mass is 10.1. The van der Waals surface area contributed by atoms with Gasteiger partial charge in [-0.25, -0.2) is 23.5 Å². The van der Waals surface area contributed by atoms with Crippen LogP contribution in [0.25, 0.3) is 65.0 Å². The lowest BCUT2D eigenvalue weighted by Gasteiger charge is -2.14. The Morgan fingerprint density at radius 2 is 1.27 bits per heavy atom. The van der Waals surface area contributed by atoms with Gasteiger partial charge in [0.15, 0.2) is 0 Å². The van der Waals surface area contributed by atoms with E-state index in [1.807, 2.05) is 4.57 Å². The van der Waals surface area contributed by atoms with Gasteiger partial charge in [0, 0.05) is 45.9 Å². The highest BCUT2D eigenvalue weighted by Gasteiger charge is 2.28. The van der Waals surface area contributed by atoms with Crippen molar-refractivity contribution in [3.05, 3.63) is 104 Å². The SMILES string of the molecule is NC(=O)c1ccc2c(c1)nc(-c1csc3c(F)ccc(Cl)c13)n2CCn1c(-c2c(C(=O)O)sc3c(F)ccc(Cl)c23)nc2cc(C(N)=O)ccc21. The molecule has 4 aromatic heterocycles. The average Bonchev–Trinajstić information content (AvgIpc) is 3.88. The number of aromatic nitrogens is 4. The Hall–Kier alpha value is -5.41. The summed E-state index contributed by atoms with van der Waals surface area (Å²) in [5.74, 6) is -3.14. The summed E-state index contributed by atoms with van der Waals surface area (Å²) >= 11 is 15.1. The molecule has 0 aliphatic heterocycles. The molecule has 0 aliphatic carbocycles. The smallest absolute Gasteiger partial charge is 0.346 e. The first-order valence-electron chi connectivity index (χ1n) is 15.0. The van der Waals surface area contributed by atoms with Gasteiger partial charge in [0.2, 0.25) is 11.8 Å². The topological polar surface area (TPSA) is 159 Å². The van der Waals surface area contributed by atoms with Crippen LogP contribution < -0.4 is 11.5 Å². The lowest BCUT2D eigenvalue weighted by Crippen LogP contribution is -2.12. The fourth-order valence-corrected chi connectivity index (χ4v) is 9.02. The fraction of sp³-hybridized carbons (Fsp3) is 0.0571. The summed E-state index contributed by atoms with van der Waals surface area (Å²) in [4.78, 5) is 46.2. The molecule has 8 rings (SSSR count). The first kappa shape index (κ1) is 32.8. The van der Waals surface area contributed by atoms with Gasteiger partial charge in [-0.2, -0.15) is 0 Å². The van der Waals surface area contributed by atoms with E-state index in [9.17, 15) is 23.9 Å². The van der Waals surface area contributed by atoms with Crippen LogP contribution in [-0.4, -0.2) is 42.0 Å². The second kappa shape index (κ2) is 12.1. The van der Waals surface area contributed by atoms with Crippen molar-refractivity contribution in [3.63, 3.8) is 0 Å². The van der Waals surface area contributed by atoms with Gasteiger partial charge in [0.05, 0.1) is 47.1 Å². The number of thiophene rings is 2. The Balaban J connectivity index is 1.37. The third kappa shape index (κ3) is 5.21. The van der Waals surface area contributed by atoms with E-state index in [4.69, 9.17) is 44.6 Å². The van der Waals surface area contributed by atoms with E-state index in [1.54, 1.807) is 34.2 Å². The third-order valence-electron chi connectivity index (χ3n) is 8.63. The van der Waals surface area contributed by atoms with Gasteiger partial charge in [-0.15, -0.1) is 22.7 Å². The van der Waals surface area contributed by atoms with E-state index in [1.165, 1.54) is 47.7 Å². The Morgan fingerprint density at radius 1 is 0.745 bits per heavy atom. The molecule has 5 N–H and O–H groups in total. The summed E-state index contributed by atoms with van der Waals surface area (Å²) in [6.07, 6.45) is 0. The molecule has 254 valence electrons. The number of rotatable bonds is 8. The highest BCUT2D eigenvalue weighted by Crippen LogP contribution is 2.45. The maximum Gasteiger partial charge on any atom is 0.346 e. The van der Waals surface area contributed by atoms with Crippen molar-refractivity contribution < 1.29 is 28.3 Å². The molecule has 0 saturated heterocycles. The number of hydrogen-bond acceptors (Lipinski definition) is 7. The molecule has 8 aromatic rings. The summed E-state index contributed by atoms with van der Waals surface area (Å²) in [6.45, 7) is 0.305. The van der Waals surface area contributed by atoms with Crippen molar-refractivity contribution in [2.45, 2.75) is 13.1 Å². The molecule has 10 nitrogen and oxygen atoms in total. The number of nitrogens with two attached hydrogens (primary N) is 2. The Labute approximate surface area is 303 Å². The number of primary amides is 2. The van der Waals surface area contributed by atoms with Crippen molar-refractivity contribution in [1.29, 1.82) is 0 Å². The first-order valence-corrected chi connectivity index (χ1v) is 17.5. The van der Waals surface area contributed by atoms with Crippen molar-refractivity contribution in [2.75, 3.05) is 0 Å². The zero-order valence-electron chi connectivity index (χ0n) is 25.7. The molecule has 4 aromatic carbocycles. The van der Waals surface area contributed by atoms with Crippen LogP contribution in [0, 0.1) is 11.6 Å². The molecular formula is C35H20Cl2F2N6O4S2. The quantitative estimate of drug-likeness (QED) is 0.141. The normalized spacial score (nSPS) is 11.8. The second-order valence-electron chi connectivity index (χ2n) is 11.5. The number of carboxylic acids is 1. The number of imidazole rings is 2. The largest absolute Gasteiger partial charge is 0.477 e. The summed E-state index contributed by atoms with van der Waals surface area (Å²) in [7, 11) is 0. The number of carboxylic acid groups (broad SMARTS) is 1. The number of carbonyl (C=O) groups is 3. The number of benzene rings is 4. The van der Waals surface area contributed by atoms with Gasteiger partial charge < -0.3 is 25.7 Å². The van der Waals surface area contributed by atoms with Crippen molar-refractivity contribution in [2.24, 2.45) is 11.5 Å². The van der Waals surface area contributed by atoms with E-state index in [0.29, 0.717) is 48.6 Å². The zero-order chi connectivity index (χ0) is 35.9. The standard InChI is InChI=1S/C35H20Cl2F2N6O4S2/c36-17-3-5-19(38)28-25(17)16(13-50-28)33-42-21-11-14(31(40)46)1-7-23(21)44(33)9-10-45-24-8-2-15(32(41)47)12-22(24)43-34(45)27-26-18(37)4-6-20(39)29(26)51-30(27)35(48)49/h1-8,11-13H,9-10H2,(H2,40,46)(H2,41,47)(H,48,49). The molecule has 0 radical (unpaired) electrons. The summed E-state index contributed by atoms with van der Waals surface area (Å²) in [5, 5.41) is 13.1. The molecule has 0 saturated carbocycles. The Bertz CT molecular complexity index is 2820. The maximum atomic E-state index is 15.1. The van der Waals surface area contributed by atoms with E-state index in [0.717, 1.165) is 11.3 Å². The highest BCUT2D eigenvalue weighted by molar-refractivity contribution is 7.21. The minimum absolute atomic E-state index is 0.0490. The van der Waals surface area contributed by atoms with Crippen molar-refractivity contribution in [3.8, 4) is 22.8 Å². The van der Waals surface area contributed by atoms with Crippen LogP contribution in [-0.2, 0) is 13.1 Å². The van der Waals surface area contributed by atoms with Gasteiger partial charge in [-0.3, -0.25) is 9.59 Å². The van der Waals surface area contributed by atoms with E-state index in [-0.39, 0.29) is 55.6 Å².